The van der Waals surface area contributed by atoms with Crippen LogP contribution in [0.4, 0.5) is 22.7 Å². The molecular weight excluding hydrogens is 520 g/mol. The maximum atomic E-state index is 6.62. The molecule has 0 amide bonds. The molecule has 43 heavy (non-hydrogen) atoms. The topological polar surface area (TPSA) is 29.3 Å². The molecule has 2 heteroatoms. The van der Waals surface area contributed by atoms with Gasteiger partial charge in [-0.05, 0) is 116 Å². The van der Waals surface area contributed by atoms with Crippen LogP contribution < -0.4 is 10.6 Å². The average molecular weight is 553 g/mol. The van der Waals surface area contributed by atoms with Crippen molar-refractivity contribution in [2.75, 3.05) is 10.6 Å². The Hall–Kier alpha value is -5.08. The van der Waals surface area contributed by atoms with Crippen molar-refractivity contribution < 1.29 is 0 Å². The van der Waals surface area contributed by atoms with Crippen LogP contribution in [-0.4, -0.2) is 0 Å². The van der Waals surface area contributed by atoms with Crippen molar-refractivity contribution in [3.05, 3.63) is 131 Å². The maximum absolute atomic E-state index is 6.62. The Bertz CT molecular complexity index is 2430. The number of aryl methyl sites for hydroxylation is 2. The highest BCUT2D eigenvalue weighted by Crippen LogP contribution is 2.52. The smallest absolute Gasteiger partial charge is 0.0543 e. The minimum atomic E-state index is -0.0898. The van der Waals surface area contributed by atoms with Crippen LogP contribution in [0.25, 0.3) is 53.9 Å². The maximum Gasteiger partial charge on any atom is 0.0543 e. The van der Waals surface area contributed by atoms with Gasteiger partial charge in [0.25, 0.3) is 0 Å². The van der Waals surface area contributed by atoms with E-state index in [2.05, 4.69) is 142 Å². The highest BCUT2D eigenvalue weighted by atomic mass is 15.1. The highest BCUT2D eigenvalue weighted by molar-refractivity contribution is 6.28. The van der Waals surface area contributed by atoms with Crippen molar-refractivity contribution in [1.29, 1.82) is 0 Å². The van der Waals surface area contributed by atoms with Crippen LogP contribution in [0, 0.1) is 13.8 Å². The van der Waals surface area contributed by atoms with Crippen LogP contribution >= 0.6 is 0 Å². The quantitative estimate of drug-likeness (QED) is 0.174. The molecule has 0 saturated carbocycles. The summed E-state index contributed by atoms with van der Waals surface area (Å²) < 4.78 is 0. The highest BCUT2D eigenvalue weighted by Gasteiger charge is 2.35. The van der Waals surface area contributed by atoms with Gasteiger partial charge in [0, 0.05) is 33.2 Å². The Morgan fingerprint density at radius 2 is 1.16 bits per heavy atom. The molecule has 0 heterocycles. The van der Waals surface area contributed by atoms with Crippen LogP contribution in [-0.2, 0) is 5.41 Å². The first-order valence-electron chi connectivity index (χ1n) is 15.2. The molecule has 1 aliphatic rings. The van der Waals surface area contributed by atoms with E-state index in [-0.39, 0.29) is 5.41 Å². The fraction of sp³-hybridized carbons (Fsp3) is 0.122. The third kappa shape index (κ3) is 3.13. The van der Waals surface area contributed by atoms with Crippen molar-refractivity contribution in [1.82, 2.24) is 0 Å². The standard InChI is InChI=1S/C41H32N2/c1-23-19-35(42)31-17-15-30-24(2)20-36(32-18-16-29(23)39(31)40(30)32)43(27-10-6-5-7-11-27)28-21-26-14-13-25-9-8-12-33-37(25)38(26)34(22-28)41(33,3)4/h5-22H,42H2,1-4H3. The Morgan fingerprint density at radius 3 is 1.95 bits per heavy atom. The number of nitrogens with two attached hydrogens (primary N) is 1. The van der Waals surface area contributed by atoms with Crippen LogP contribution in [0.2, 0.25) is 0 Å². The van der Waals surface area contributed by atoms with Gasteiger partial charge in [-0.15, -0.1) is 0 Å². The summed E-state index contributed by atoms with van der Waals surface area (Å²) in [4.78, 5) is 2.47. The number of anilines is 4. The molecule has 8 aromatic rings. The van der Waals surface area contributed by atoms with Gasteiger partial charge < -0.3 is 10.6 Å². The summed E-state index contributed by atoms with van der Waals surface area (Å²) >= 11 is 0. The van der Waals surface area contributed by atoms with Gasteiger partial charge in [-0.25, -0.2) is 0 Å². The molecule has 0 aliphatic heterocycles. The van der Waals surface area contributed by atoms with Crippen molar-refractivity contribution >= 4 is 76.6 Å². The predicted molar refractivity (Wildman–Crippen MR) is 186 cm³/mol. The summed E-state index contributed by atoms with van der Waals surface area (Å²) in [5.74, 6) is 0. The summed E-state index contributed by atoms with van der Waals surface area (Å²) in [5.41, 5.74) is 16.2. The lowest BCUT2D eigenvalue weighted by atomic mass is 9.81. The number of rotatable bonds is 3. The van der Waals surface area contributed by atoms with E-state index in [0.29, 0.717) is 0 Å². The van der Waals surface area contributed by atoms with Crippen molar-refractivity contribution in [3.8, 4) is 0 Å². The second-order valence-corrected chi connectivity index (χ2v) is 12.9. The van der Waals surface area contributed by atoms with E-state index in [1.54, 1.807) is 0 Å². The Kier molecular flexibility index (Phi) is 4.71. The molecule has 2 nitrogen and oxygen atoms in total. The lowest BCUT2D eigenvalue weighted by molar-refractivity contribution is 0.663. The number of para-hydroxylation sites is 1. The largest absolute Gasteiger partial charge is 0.398 e. The van der Waals surface area contributed by atoms with Crippen molar-refractivity contribution in [2.45, 2.75) is 33.1 Å². The normalized spacial score (nSPS) is 13.9. The van der Waals surface area contributed by atoms with Gasteiger partial charge >= 0.3 is 0 Å². The molecular formula is C41H32N2. The molecule has 0 bridgehead atoms. The van der Waals surface area contributed by atoms with E-state index in [0.717, 1.165) is 16.8 Å². The van der Waals surface area contributed by atoms with Gasteiger partial charge in [0.1, 0.15) is 0 Å². The molecule has 0 unspecified atom stereocenters. The zero-order valence-electron chi connectivity index (χ0n) is 24.9. The number of benzene rings is 8. The van der Waals surface area contributed by atoms with E-state index >= 15 is 0 Å². The molecule has 0 spiro atoms. The van der Waals surface area contributed by atoms with Gasteiger partial charge in [0.15, 0.2) is 0 Å². The molecule has 0 saturated heterocycles. The summed E-state index contributed by atoms with van der Waals surface area (Å²) in [5, 5.41) is 12.9. The lowest BCUT2D eigenvalue weighted by Crippen LogP contribution is -2.17. The zero-order chi connectivity index (χ0) is 29.2. The average Bonchev–Trinajstić information content (AvgIpc) is 3.25. The second kappa shape index (κ2) is 8.26. The molecule has 0 atom stereocenters. The third-order valence-corrected chi connectivity index (χ3v) is 10.1. The van der Waals surface area contributed by atoms with Gasteiger partial charge in [-0.3, -0.25) is 0 Å². The fourth-order valence-electron chi connectivity index (χ4n) is 8.06. The predicted octanol–water partition coefficient (Wildman–Crippen LogP) is 11.2. The van der Waals surface area contributed by atoms with Crippen molar-refractivity contribution in [3.63, 3.8) is 0 Å². The second-order valence-electron chi connectivity index (χ2n) is 12.9. The summed E-state index contributed by atoms with van der Waals surface area (Å²) in [6.45, 7) is 9.16. The minimum absolute atomic E-state index is 0.0898. The zero-order valence-corrected chi connectivity index (χ0v) is 24.9. The number of nitrogens with zero attached hydrogens (tertiary/aromatic N) is 1. The molecule has 9 rings (SSSR count). The van der Waals surface area contributed by atoms with E-state index in [1.807, 2.05) is 0 Å². The third-order valence-electron chi connectivity index (χ3n) is 10.1. The van der Waals surface area contributed by atoms with Crippen LogP contribution in [0.15, 0.2) is 109 Å². The number of hydrogen-bond acceptors (Lipinski definition) is 2. The Balaban J connectivity index is 1.40. The minimum Gasteiger partial charge on any atom is -0.398 e. The first-order chi connectivity index (χ1) is 20.8. The summed E-state index contributed by atoms with van der Waals surface area (Å²) in [7, 11) is 0. The Morgan fingerprint density at radius 1 is 0.512 bits per heavy atom. The summed E-state index contributed by atoms with van der Waals surface area (Å²) in [6, 6.07) is 40.6. The number of nitrogen functional groups attached to an aromatic ring is 1. The molecule has 8 aromatic carbocycles. The van der Waals surface area contributed by atoms with Gasteiger partial charge in [-0.1, -0.05) is 86.6 Å². The SMILES string of the molecule is Cc1cc(N)c2ccc3c(C)cc(N(c4ccccc4)c4cc5c6c(ccc7cccc(c76)C5(C)C)c4)c4ccc1c2c34. The van der Waals surface area contributed by atoms with E-state index < -0.39 is 0 Å². The molecule has 0 fully saturated rings. The van der Waals surface area contributed by atoms with Crippen molar-refractivity contribution in [2.24, 2.45) is 0 Å². The molecule has 2 N–H and O–H groups in total. The fourth-order valence-corrected chi connectivity index (χ4v) is 8.06. The lowest BCUT2D eigenvalue weighted by Gasteiger charge is -2.30. The van der Waals surface area contributed by atoms with Crippen LogP contribution in [0.5, 0.6) is 0 Å². The summed E-state index contributed by atoms with van der Waals surface area (Å²) in [6.07, 6.45) is 0. The number of hydrogen-bond donors (Lipinski definition) is 1. The van der Waals surface area contributed by atoms with Gasteiger partial charge in [0.2, 0.25) is 0 Å². The first-order valence-corrected chi connectivity index (χ1v) is 15.2. The molecule has 1 aliphatic carbocycles. The molecule has 206 valence electrons. The van der Waals surface area contributed by atoms with E-state index in [4.69, 9.17) is 5.73 Å². The van der Waals surface area contributed by atoms with E-state index in [9.17, 15) is 0 Å². The Labute approximate surface area is 251 Å². The van der Waals surface area contributed by atoms with Crippen LogP contribution in [0.3, 0.4) is 0 Å². The molecule has 0 aromatic heterocycles. The monoisotopic (exact) mass is 552 g/mol. The van der Waals surface area contributed by atoms with Crippen LogP contribution in [0.1, 0.15) is 36.1 Å². The van der Waals surface area contributed by atoms with E-state index in [1.165, 1.54) is 82.1 Å². The van der Waals surface area contributed by atoms with Gasteiger partial charge in [0.05, 0.1) is 5.69 Å². The molecule has 0 radical (unpaired) electrons. The first kappa shape index (κ1) is 24.5. The van der Waals surface area contributed by atoms with Gasteiger partial charge in [-0.2, -0.15) is 0 Å².